The van der Waals surface area contributed by atoms with Crippen LogP contribution in [0, 0.1) is 0 Å². The van der Waals surface area contributed by atoms with Crippen molar-refractivity contribution in [2.75, 3.05) is 0 Å². The van der Waals surface area contributed by atoms with Crippen LogP contribution in [-0.4, -0.2) is 23.0 Å². The summed E-state index contributed by atoms with van der Waals surface area (Å²) in [4.78, 5) is 22.6. The first kappa shape index (κ1) is 16.8. The predicted octanol–water partition coefficient (Wildman–Crippen LogP) is 4.22. The van der Waals surface area contributed by atoms with Gasteiger partial charge in [-0.1, -0.05) is 23.2 Å². The quantitative estimate of drug-likeness (QED) is 0.764. The lowest BCUT2D eigenvalue weighted by Crippen LogP contribution is -2.11. The summed E-state index contributed by atoms with van der Waals surface area (Å²) in [7, 11) is 0. The fraction of sp³-hybridized carbons (Fsp3) is 0.429. The molecule has 20 heavy (non-hydrogen) atoms. The fourth-order valence-corrected chi connectivity index (χ4v) is 2.20. The molecule has 0 amide bonds. The number of halogens is 2. The molecule has 1 aromatic carbocycles. The molecule has 0 spiro atoms. The highest BCUT2D eigenvalue weighted by atomic mass is 35.5. The number of aliphatic carboxylic acids is 1. The molecular formula is C14H16Cl2O4. The summed E-state index contributed by atoms with van der Waals surface area (Å²) < 4.78 is 5.55. The third kappa shape index (κ3) is 5.02. The number of ether oxygens (including phenoxy) is 1. The third-order valence-corrected chi connectivity index (χ3v) is 2.96. The van der Waals surface area contributed by atoms with Gasteiger partial charge in [0, 0.05) is 17.9 Å². The van der Waals surface area contributed by atoms with Crippen LogP contribution in [-0.2, 0) is 4.79 Å². The van der Waals surface area contributed by atoms with Gasteiger partial charge >= 0.3 is 5.97 Å². The molecule has 0 heterocycles. The minimum absolute atomic E-state index is 0.0551. The Balaban J connectivity index is 2.96. The molecule has 4 nitrogen and oxygen atoms in total. The van der Waals surface area contributed by atoms with Crippen LogP contribution in [0.25, 0.3) is 0 Å². The highest BCUT2D eigenvalue weighted by molar-refractivity contribution is 6.36. The van der Waals surface area contributed by atoms with Gasteiger partial charge in [-0.05, 0) is 32.4 Å². The smallest absolute Gasteiger partial charge is 0.303 e. The largest absolute Gasteiger partial charge is 0.489 e. The van der Waals surface area contributed by atoms with Crippen LogP contribution in [0.1, 0.15) is 43.5 Å². The van der Waals surface area contributed by atoms with Gasteiger partial charge in [0.25, 0.3) is 0 Å². The van der Waals surface area contributed by atoms with Gasteiger partial charge in [-0.2, -0.15) is 0 Å². The average molecular weight is 319 g/mol. The summed E-state index contributed by atoms with van der Waals surface area (Å²) in [5.41, 5.74) is 0.293. The van der Waals surface area contributed by atoms with Crippen molar-refractivity contribution < 1.29 is 19.4 Å². The third-order valence-electron chi connectivity index (χ3n) is 2.46. The van der Waals surface area contributed by atoms with Crippen molar-refractivity contribution in [2.24, 2.45) is 0 Å². The van der Waals surface area contributed by atoms with Gasteiger partial charge in [-0.25, -0.2) is 0 Å². The Hall–Kier alpha value is -1.26. The second kappa shape index (κ2) is 7.50. The molecule has 110 valence electrons. The lowest BCUT2D eigenvalue weighted by atomic mass is 10.0. The molecule has 0 fully saturated rings. The van der Waals surface area contributed by atoms with Crippen LogP contribution in [0.3, 0.4) is 0 Å². The highest BCUT2D eigenvalue weighted by Crippen LogP contribution is 2.34. The maximum absolute atomic E-state index is 12.1. The summed E-state index contributed by atoms with van der Waals surface area (Å²) in [5, 5.41) is 9.19. The Kier molecular flexibility index (Phi) is 6.30. The van der Waals surface area contributed by atoms with E-state index in [1.807, 2.05) is 13.8 Å². The van der Waals surface area contributed by atoms with E-state index >= 15 is 0 Å². The second-order valence-corrected chi connectivity index (χ2v) is 5.45. The van der Waals surface area contributed by atoms with Crippen LogP contribution in [0.15, 0.2) is 12.1 Å². The van der Waals surface area contributed by atoms with Crippen molar-refractivity contribution in [3.8, 4) is 5.75 Å². The molecule has 0 bridgehead atoms. The zero-order valence-corrected chi connectivity index (χ0v) is 12.8. The van der Waals surface area contributed by atoms with Gasteiger partial charge in [-0.3, -0.25) is 9.59 Å². The number of carbonyl (C=O) groups is 2. The molecule has 6 heteroatoms. The molecule has 0 saturated carbocycles. The van der Waals surface area contributed by atoms with Crippen molar-refractivity contribution in [3.63, 3.8) is 0 Å². The average Bonchev–Trinajstić information content (AvgIpc) is 2.31. The van der Waals surface area contributed by atoms with E-state index in [1.165, 1.54) is 12.1 Å². The highest BCUT2D eigenvalue weighted by Gasteiger charge is 2.18. The fourth-order valence-electron chi connectivity index (χ4n) is 1.66. The SMILES string of the molecule is CC(C)Oc1c(Cl)cc(Cl)cc1C(=O)CCCC(=O)O. The number of Topliss-reactive ketones (excluding diaryl/α,β-unsaturated/α-hetero) is 1. The number of rotatable bonds is 7. The summed E-state index contributed by atoms with van der Waals surface area (Å²) in [5.74, 6) is -0.863. The molecule has 0 aliphatic carbocycles. The van der Waals surface area contributed by atoms with Crippen molar-refractivity contribution in [3.05, 3.63) is 27.7 Å². The minimum atomic E-state index is -0.930. The Morgan fingerprint density at radius 1 is 1.25 bits per heavy atom. The number of carboxylic acids is 1. The molecule has 0 unspecified atom stereocenters. The van der Waals surface area contributed by atoms with Crippen LogP contribution in [0.4, 0.5) is 0 Å². The number of ketones is 1. The predicted molar refractivity (Wildman–Crippen MR) is 78.0 cm³/mol. The molecule has 0 saturated heterocycles. The van der Waals surface area contributed by atoms with E-state index in [4.69, 9.17) is 33.0 Å². The Morgan fingerprint density at radius 3 is 2.45 bits per heavy atom. The van der Waals surface area contributed by atoms with E-state index in [0.717, 1.165) is 0 Å². The van der Waals surface area contributed by atoms with Crippen molar-refractivity contribution >= 4 is 35.0 Å². The number of carbonyl (C=O) groups excluding carboxylic acids is 1. The van der Waals surface area contributed by atoms with Gasteiger partial charge in [0.1, 0.15) is 5.75 Å². The zero-order valence-electron chi connectivity index (χ0n) is 11.3. The van der Waals surface area contributed by atoms with Crippen LogP contribution in [0.2, 0.25) is 10.0 Å². The molecule has 1 rings (SSSR count). The number of hydrogen-bond acceptors (Lipinski definition) is 3. The van der Waals surface area contributed by atoms with Gasteiger partial charge in [-0.15, -0.1) is 0 Å². The number of carboxylic acid groups (broad SMARTS) is 1. The molecule has 0 aliphatic rings. The summed E-state index contributed by atoms with van der Waals surface area (Å²) >= 11 is 12.0. The number of benzene rings is 1. The van der Waals surface area contributed by atoms with Crippen LogP contribution < -0.4 is 4.74 Å². The maximum Gasteiger partial charge on any atom is 0.303 e. The van der Waals surface area contributed by atoms with E-state index in [1.54, 1.807) is 0 Å². The van der Waals surface area contributed by atoms with Crippen molar-refractivity contribution in [1.82, 2.24) is 0 Å². The monoisotopic (exact) mass is 318 g/mol. The van der Waals surface area contributed by atoms with Crippen molar-refractivity contribution in [1.29, 1.82) is 0 Å². The molecule has 0 radical (unpaired) electrons. The summed E-state index contributed by atoms with van der Waals surface area (Å²) in [6, 6.07) is 3.00. The van der Waals surface area contributed by atoms with E-state index in [0.29, 0.717) is 16.3 Å². The molecule has 1 aromatic rings. The normalized spacial score (nSPS) is 10.7. The van der Waals surface area contributed by atoms with Crippen molar-refractivity contribution in [2.45, 2.75) is 39.2 Å². The molecule has 0 aliphatic heterocycles. The first-order chi connectivity index (χ1) is 9.31. The minimum Gasteiger partial charge on any atom is -0.489 e. The molecule has 0 atom stereocenters. The van der Waals surface area contributed by atoms with Gasteiger partial charge in [0.05, 0.1) is 16.7 Å². The maximum atomic E-state index is 12.1. The van der Waals surface area contributed by atoms with E-state index in [2.05, 4.69) is 0 Å². The lowest BCUT2D eigenvalue weighted by Gasteiger charge is -2.15. The van der Waals surface area contributed by atoms with Gasteiger partial charge in [0.2, 0.25) is 0 Å². The van der Waals surface area contributed by atoms with E-state index in [9.17, 15) is 9.59 Å². The molecular weight excluding hydrogens is 303 g/mol. The Morgan fingerprint density at radius 2 is 1.90 bits per heavy atom. The van der Waals surface area contributed by atoms with Crippen LogP contribution in [0.5, 0.6) is 5.75 Å². The topological polar surface area (TPSA) is 63.6 Å². The molecule has 1 N–H and O–H groups in total. The van der Waals surface area contributed by atoms with E-state index < -0.39 is 5.97 Å². The summed E-state index contributed by atoms with van der Waals surface area (Å²) in [6.07, 6.45) is 0.177. The standard InChI is InChI=1S/C14H16Cl2O4/c1-8(2)20-14-10(6-9(15)7-11(14)16)12(17)4-3-5-13(18)19/h6-8H,3-5H2,1-2H3,(H,18,19). The second-order valence-electron chi connectivity index (χ2n) is 4.60. The first-order valence-corrected chi connectivity index (χ1v) is 6.97. The van der Waals surface area contributed by atoms with Gasteiger partial charge < -0.3 is 9.84 Å². The Labute approximate surface area is 127 Å². The Bertz CT molecular complexity index is 512. The lowest BCUT2D eigenvalue weighted by molar-refractivity contribution is -0.137. The summed E-state index contributed by atoms with van der Waals surface area (Å²) in [6.45, 7) is 3.65. The van der Waals surface area contributed by atoms with Gasteiger partial charge in [0.15, 0.2) is 5.78 Å². The zero-order chi connectivity index (χ0) is 15.3. The van der Waals surface area contributed by atoms with Crippen LogP contribution >= 0.6 is 23.2 Å². The molecule has 0 aromatic heterocycles. The number of hydrogen-bond donors (Lipinski definition) is 1. The first-order valence-electron chi connectivity index (χ1n) is 6.22. The van der Waals surface area contributed by atoms with E-state index in [-0.39, 0.29) is 36.2 Å².